The number of allylic oxidation sites excluding steroid dienone is 3. The largest absolute Gasteiger partial charge is 0.369 e. The second-order valence-corrected chi connectivity index (χ2v) is 6.10. The molecular formula is C18H20N4O. The zero-order valence-electron chi connectivity index (χ0n) is 12.9. The van der Waals surface area contributed by atoms with Gasteiger partial charge in [0.2, 0.25) is 5.91 Å². The molecule has 5 nitrogen and oxygen atoms in total. The molecule has 118 valence electrons. The van der Waals surface area contributed by atoms with Crippen LogP contribution in [0.5, 0.6) is 0 Å². The Kier molecular flexibility index (Phi) is 3.93. The summed E-state index contributed by atoms with van der Waals surface area (Å²) in [4.78, 5) is 13.8. The van der Waals surface area contributed by atoms with Crippen LogP contribution in [0.4, 0.5) is 0 Å². The molecule has 0 aromatic heterocycles. The third-order valence-corrected chi connectivity index (χ3v) is 4.85. The molecule has 0 radical (unpaired) electrons. The first-order valence-corrected chi connectivity index (χ1v) is 7.73. The summed E-state index contributed by atoms with van der Waals surface area (Å²) >= 11 is 0. The number of rotatable bonds is 4. The van der Waals surface area contributed by atoms with Gasteiger partial charge in [0.05, 0.1) is 19.0 Å². The van der Waals surface area contributed by atoms with Crippen molar-refractivity contribution in [3.63, 3.8) is 0 Å². The number of amides is 1. The molecule has 1 aromatic rings. The predicted octanol–water partition coefficient (Wildman–Crippen LogP) is 1.30. The normalized spacial score (nSPS) is 25.2. The van der Waals surface area contributed by atoms with E-state index in [-0.39, 0.29) is 5.91 Å². The van der Waals surface area contributed by atoms with Gasteiger partial charge in [0.25, 0.3) is 0 Å². The number of primary amides is 1. The highest BCUT2D eigenvalue weighted by Gasteiger charge is 2.43. The van der Waals surface area contributed by atoms with E-state index >= 15 is 0 Å². The number of benzene rings is 1. The zero-order chi connectivity index (χ0) is 16.4. The third kappa shape index (κ3) is 2.41. The fraction of sp³-hybridized carbons (Fsp3) is 0.333. The summed E-state index contributed by atoms with van der Waals surface area (Å²) in [5, 5.41) is 9.20. The summed E-state index contributed by atoms with van der Waals surface area (Å²) < 4.78 is 0. The van der Waals surface area contributed by atoms with Crippen LogP contribution in [-0.2, 0) is 23.3 Å². The van der Waals surface area contributed by atoms with Gasteiger partial charge >= 0.3 is 0 Å². The zero-order valence-corrected chi connectivity index (χ0v) is 12.9. The van der Waals surface area contributed by atoms with Crippen molar-refractivity contribution in [2.45, 2.75) is 24.9 Å². The first-order chi connectivity index (χ1) is 11.1. The molecule has 4 N–H and O–H groups in total. The van der Waals surface area contributed by atoms with Crippen LogP contribution >= 0.6 is 0 Å². The van der Waals surface area contributed by atoms with Gasteiger partial charge in [-0.05, 0) is 29.7 Å². The molecule has 3 rings (SSSR count). The first kappa shape index (κ1) is 15.3. The van der Waals surface area contributed by atoms with Crippen molar-refractivity contribution in [2.75, 3.05) is 6.54 Å². The second-order valence-electron chi connectivity index (χ2n) is 6.10. The Hall–Kier alpha value is -2.58. The average Bonchev–Trinajstić information content (AvgIpc) is 2.98. The number of carbonyl (C=O) groups is 1. The average molecular weight is 308 g/mol. The van der Waals surface area contributed by atoms with E-state index < -0.39 is 11.3 Å². The van der Waals surface area contributed by atoms with E-state index in [0.717, 1.165) is 16.7 Å². The maximum Gasteiger partial charge on any atom is 0.225 e. The van der Waals surface area contributed by atoms with Crippen molar-refractivity contribution in [3.8, 4) is 6.19 Å². The molecule has 0 bridgehead atoms. The summed E-state index contributed by atoms with van der Waals surface area (Å²) in [6, 6.07) is 6.06. The molecule has 2 aliphatic rings. The van der Waals surface area contributed by atoms with E-state index in [0.29, 0.717) is 26.1 Å². The predicted molar refractivity (Wildman–Crippen MR) is 87.6 cm³/mol. The fourth-order valence-corrected chi connectivity index (χ4v) is 3.82. The first-order valence-electron chi connectivity index (χ1n) is 7.73. The highest BCUT2D eigenvalue weighted by atomic mass is 16.1. The number of nitrogens with two attached hydrogens (primary N) is 2. The molecule has 23 heavy (non-hydrogen) atoms. The van der Waals surface area contributed by atoms with E-state index in [1.807, 2.05) is 42.5 Å². The number of nitrogens with zero attached hydrogens (tertiary/aromatic N) is 2. The van der Waals surface area contributed by atoms with E-state index in [1.165, 1.54) is 0 Å². The molecule has 5 heteroatoms. The molecule has 1 aliphatic carbocycles. The molecule has 0 spiro atoms. The van der Waals surface area contributed by atoms with Crippen LogP contribution < -0.4 is 11.5 Å². The number of hydrogen-bond acceptors (Lipinski definition) is 4. The lowest BCUT2D eigenvalue weighted by molar-refractivity contribution is -0.121. The number of carbonyl (C=O) groups excluding carboxylic acids is 1. The van der Waals surface area contributed by atoms with Gasteiger partial charge in [-0.15, -0.1) is 0 Å². The lowest BCUT2D eigenvalue weighted by atomic mass is 9.64. The van der Waals surface area contributed by atoms with Crippen molar-refractivity contribution < 1.29 is 4.79 Å². The van der Waals surface area contributed by atoms with E-state index in [2.05, 4.69) is 6.19 Å². The standard InChI is InChI=1S/C18H20N4O/c19-9-8-18(7-2-1-5-16(18)17(21)23)15-6-3-4-13-10-22(12-20)11-14(13)15/h1-7,16H,8-11,19H2,(H2,21,23). The molecular weight excluding hydrogens is 288 g/mol. The van der Waals surface area contributed by atoms with E-state index in [4.69, 9.17) is 11.5 Å². The SMILES string of the molecule is N#CN1Cc2cccc(C3(CCN)C=CC=CC3C(N)=O)c2C1. The monoisotopic (exact) mass is 308 g/mol. The van der Waals surface area contributed by atoms with Crippen molar-refractivity contribution >= 4 is 5.91 Å². The van der Waals surface area contributed by atoms with Gasteiger partial charge in [0.15, 0.2) is 6.19 Å². The third-order valence-electron chi connectivity index (χ3n) is 4.85. The molecule has 1 aromatic carbocycles. The van der Waals surface area contributed by atoms with Crippen LogP contribution in [0.15, 0.2) is 42.5 Å². The van der Waals surface area contributed by atoms with Crippen LogP contribution in [0.1, 0.15) is 23.1 Å². The lowest BCUT2D eigenvalue weighted by Crippen LogP contribution is -2.43. The maximum absolute atomic E-state index is 12.1. The van der Waals surface area contributed by atoms with Crippen LogP contribution in [0, 0.1) is 17.4 Å². The smallest absolute Gasteiger partial charge is 0.225 e. The summed E-state index contributed by atoms with van der Waals surface area (Å²) in [6.45, 7) is 1.63. The van der Waals surface area contributed by atoms with Gasteiger partial charge in [0, 0.05) is 5.41 Å². The molecule has 1 amide bonds. The number of fused-ring (bicyclic) bond motifs is 1. The summed E-state index contributed by atoms with van der Waals surface area (Å²) in [5.41, 5.74) is 14.3. The van der Waals surface area contributed by atoms with Crippen LogP contribution in [0.25, 0.3) is 0 Å². The molecule has 0 fully saturated rings. The molecule has 1 heterocycles. The van der Waals surface area contributed by atoms with Gasteiger partial charge < -0.3 is 16.4 Å². The van der Waals surface area contributed by atoms with Gasteiger partial charge in [0.1, 0.15) is 0 Å². The van der Waals surface area contributed by atoms with Gasteiger partial charge in [-0.3, -0.25) is 4.79 Å². The van der Waals surface area contributed by atoms with E-state index in [1.54, 1.807) is 4.90 Å². The molecule has 0 saturated carbocycles. The maximum atomic E-state index is 12.1. The Bertz CT molecular complexity index is 731. The van der Waals surface area contributed by atoms with Crippen LogP contribution in [0.3, 0.4) is 0 Å². The van der Waals surface area contributed by atoms with Crippen LogP contribution in [0.2, 0.25) is 0 Å². The second kappa shape index (κ2) is 5.90. The number of hydrogen-bond donors (Lipinski definition) is 2. The van der Waals surface area contributed by atoms with Crippen molar-refractivity contribution in [2.24, 2.45) is 17.4 Å². The fourth-order valence-electron chi connectivity index (χ4n) is 3.82. The minimum atomic E-state index is -0.536. The topological polar surface area (TPSA) is 96.1 Å². The minimum absolute atomic E-state index is 0.355. The molecule has 2 unspecified atom stereocenters. The van der Waals surface area contributed by atoms with Gasteiger partial charge in [-0.1, -0.05) is 42.5 Å². The van der Waals surface area contributed by atoms with Crippen molar-refractivity contribution in [3.05, 3.63) is 59.2 Å². The van der Waals surface area contributed by atoms with Crippen LogP contribution in [-0.4, -0.2) is 17.4 Å². The molecule has 2 atom stereocenters. The summed E-state index contributed by atoms with van der Waals surface area (Å²) in [5.74, 6) is -0.787. The van der Waals surface area contributed by atoms with Gasteiger partial charge in [-0.25, -0.2) is 0 Å². The highest BCUT2D eigenvalue weighted by molar-refractivity contribution is 5.82. The Morgan fingerprint density at radius 1 is 1.39 bits per heavy atom. The quantitative estimate of drug-likeness (QED) is 0.819. The van der Waals surface area contributed by atoms with Crippen molar-refractivity contribution in [1.82, 2.24) is 4.90 Å². The Balaban J connectivity index is 2.16. The van der Waals surface area contributed by atoms with Crippen molar-refractivity contribution in [1.29, 1.82) is 5.26 Å². The molecule has 0 saturated heterocycles. The summed E-state index contributed by atoms with van der Waals surface area (Å²) in [7, 11) is 0. The Labute approximate surface area is 135 Å². The van der Waals surface area contributed by atoms with Gasteiger partial charge in [-0.2, -0.15) is 5.26 Å². The Morgan fingerprint density at radius 3 is 2.91 bits per heavy atom. The highest BCUT2D eigenvalue weighted by Crippen LogP contribution is 2.44. The summed E-state index contributed by atoms with van der Waals surface area (Å²) in [6.07, 6.45) is 10.5. The minimum Gasteiger partial charge on any atom is -0.369 e. The number of nitriles is 1. The lowest BCUT2D eigenvalue weighted by Gasteiger charge is -2.38. The molecule has 1 aliphatic heterocycles. The van der Waals surface area contributed by atoms with E-state index in [9.17, 15) is 10.1 Å². The Morgan fingerprint density at radius 2 is 2.22 bits per heavy atom.